The van der Waals surface area contributed by atoms with Crippen LogP contribution in [0, 0.1) is 6.92 Å². The van der Waals surface area contributed by atoms with Crippen LogP contribution in [0.4, 0.5) is 0 Å². The Morgan fingerprint density at radius 2 is 1.95 bits per heavy atom. The molecule has 1 atom stereocenters. The van der Waals surface area contributed by atoms with Gasteiger partial charge in [-0.25, -0.2) is 0 Å². The molecule has 104 valence electrons. The summed E-state index contributed by atoms with van der Waals surface area (Å²) in [7, 11) is 0. The average molecular weight is 265 g/mol. The van der Waals surface area contributed by atoms with Crippen LogP contribution in [0.15, 0.2) is 24.3 Å². The van der Waals surface area contributed by atoms with Crippen molar-refractivity contribution in [2.24, 2.45) is 0 Å². The summed E-state index contributed by atoms with van der Waals surface area (Å²) in [5.41, 5.74) is 1.16. The van der Waals surface area contributed by atoms with Crippen molar-refractivity contribution in [2.45, 2.75) is 32.7 Å². The molecular formula is C14H19NO4. The standard InChI is InChI=1S/C14H19NO4/c1-10-5-7-12(8-6-10)19-9-3-4-13(16)15-11(2)14(17)18/h5-8,11H,3-4,9H2,1-2H3,(H,15,16)(H,17,18). The Balaban J connectivity index is 2.18. The monoisotopic (exact) mass is 265 g/mol. The number of carbonyl (C=O) groups excluding carboxylic acids is 1. The van der Waals surface area contributed by atoms with E-state index < -0.39 is 12.0 Å². The Morgan fingerprint density at radius 3 is 2.53 bits per heavy atom. The third kappa shape index (κ3) is 5.90. The van der Waals surface area contributed by atoms with Gasteiger partial charge in [0.05, 0.1) is 6.61 Å². The SMILES string of the molecule is Cc1ccc(OCCCC(=O)NC(C)C(=O)O)cc1. The number of hydrogen-bond acceptors (Lipinski definition) is 3. The Kier molecular flexibility index (Phi) is 5.85. The van der Waals surface area contributed by atoms with Crippen LogP contribution in [0.25, 0.3) is 0 Å². The van der Waals surface area contributed by atoms with Crippen molar-refractivity contribution in [3.63, 3.8) is 0 Å². The van der Waals surface area contributed by atoms with Crippen LogP contribution in [0.5, 0.6) is 5.75 Å². The second-order valence-corrected chi connectivity index (χ2v) is 4.39. The minimum atomic E-state index is -1.04. The first kappa shape index (κ1) is 15.0. The molecule has 0 radical (unpaired) electrons. The van der Waals surface area contributed by atoms with Gasteiger partial charge in [-0.05, 0) is 32.4 Å². The van der Waals surface area contributed by atoms with Crippen LogP contribution < -0.4 is 10.1 Å². The highest BCUT2D eigenvalue weighted by Gasteiger charge is 2.13. The van der Waals surface area contributed by atoms with Gasteiger partial charge in [0.1, 0.15) is 11.8 Å². The van der Waals surface area contributed by atoms with Crippen LogP contribution in [-0.2, 0) is 9.59 Å². The number of amides is 1. The quantitative estimate of drug-likeness (QED) is 0.736. The zero-order valence-electron chi connectivity index (χ0n) is 11.2. The highest BCUT2D eigenvalue weighted by atomic mass is 16.5. The van der Waals surface area contributed by atoms with Gasteiger partial charge >= 0.3 is 5.97 Å². The number of benzene rings is 1. The van der Waals surface area contributed by atoms with Crippen molar-refractivity contribution >= 4 is 11.9 Å². The van der Waals surface area contributed by atoms with Gasteiger partial charge in [0.15, 0.2) is 0 Å². The summed E-state index contributed by atoms with van der Waals surface area (Å²) in [6.07, 6.45) is 0.801. The van der Waals surface area contributed by atoms with Crippen LogP contribution >= 0.6 is 0 Å². The molecule has 1 aromatic rings. The highest BCUT2D eigenvalue weighted by Crippen LogP contribution is 2.11. The smallest absolute Gasteiger partial charge is 0.325 e. The number of hydrogen-bond donors (Lipinski definition) is 2. The van der Waals surface area contributed by atoms with Gasteiger partial charge in [-0.2, -0.15) is 0 Å². The Morgan fingerprint density at radius 1 is 1.32 bits per heavy atom. The van der Waals surface area contributed by atoms with E-state index in [0.717, 1.165) is 11.3 Å². The Labute approximate surface area is 112 Å². The van der Waals surface area contributed by atoms with Gasteiger partial charge in [0.2, 0.25) is 5.91 Å². The lowest BCUT2D eigenvalue weighted by molar-refractivity contribution is -0.141. The third-order valence-electron chi connectivity index (χ3n) is 2.59. The van der Waals surface area contributed by atoms with Crippen molar-refractivity contribution in [1.29, 1.82) is 0 Å². The Hall–Kier alpha value is -2.04. The van der Waals surface area contributed by atoms with Gasteiger partial charge in [-0.3, -0.25) is 9.59 Å². The highest BCUT2D eigenvalue weighted by molar-refractivity contribution is 5.83. The lowest BCUT2D eigenvalue weighted by atomic mass is 10.2. The summed E-state index contributed by atoms with van der Waals surface area (Å²) in [6, 6.07) is 6.81. The minimum absolute atomic E-state index is 0.253. The number of aliphatic carboxylic acids is 1. The van der Waals surface area contributed by atoms with E-state index in [0.29, 0.717) is 13.0 Å². The van der Waals surface area contributed by atoms with E-state index in [2.05, 4.69) is 5.32 Å². The number of carbonyl (C=O) groups is 2. The summed E-state index contributed by atoms with van der Waals surface area (Å²) in [4.78, 5) is 21.9. The molecule has 0 fully saturated rings. The van der Waals surface area contributed by atoms with E-state index in [1.165, 1.54) is 6.92 Å². The number of carboxylic acids is 1. The molecule has 5 heteroatoms. The van der Waals surface area contributed by atoms with Gasteiger partial charge in [-0.15, -0.1) is 0 Å². The molecule has 1 amide bonds. The molecule has 0 saturated heterocycles. The first-order valence-electron chi connectivity index (χ1n) is 6.20. The lowest BCUT2D eigenvalue weighted by Gasteiger charge is -2.09. The third-order valence-corrected chi connectivity index (χ3v) is 2.59. The molecule has 0 bridgehead atoms. The molecule has 1 rings (SSSR count). The maximum absolute atomic E-state index is 11.4. The summed E-state index contributed by atoms with van der Waals surface area (Å²) in [6.45, 7) is 3.86. The number of rotatable bonds is 7. The second kappa shape index (κ2) is 7.41. The van der Waals surface area contributed by atoms with Crippen molar-refractivity contribution in [3.8, 4) is 5.75 Å². The number of nitrogens with one attached hydrogen (secondary N) is 1. The normalized spacial score (nSPS) is 11.7. The van der Waals surface area contributed by atoms with Crippen molar-refractivity contribution < 1.29 is 19.4 Å². The zero-order chi connectivity index (χ0) is 14.3. The molecule has 0 aromatic heterocycles. The van der Waals surface area contributed by atoms with E-state index in [9.17, 15) is 9.59 Å². The van der Waals surface area contributed by atoms with Crippen LogP contribution in [0.2, 0.25) is 0 Å². The maximum atomic E-state index is 11.4. The van der Waals surface area contributed by atoms with Gasteiger partial charge < -0.3 is 15.2 Å². The van der Waals surface area contributed by atoms with Crippen LogP contribution in [0.1, 0.15) is 25.3 Å². The first-order chi connectivity index (χ1) is 8.99. The molecule has 1 unspecified atom stereocenters. The number of carboxylic acid groups (broad SMARTS) is 1. The van der Waals surface area contributed by atoms with E-state index in [-0.39, 0.29) is 12.3 Å². The summed E-state index contributed by atoms with van der Waals surface area (Å²) in [5.74, 6) is -0.545. The molecule has 0 aliphatic carbocycles. The molecule has 0 aliphatic heterocycles. The van der Waals surface area contributed by atoms with Crippen LogP contribution in [-0.4, -0.2) is 29.6 Å². The summed E-state index contributed by atoms with van der Waals surface area (Å²) < 4.78 is 5.47. The molecule has 5 nitrogen and oxygen atoms in total. The van der Waals surface area contributed by atoms with Gasteiger partial charge in [0, 0.05) is 6.42 Å². The van der Waals surface area contributed by atoms with E-state index in [1.807, 2.05) is 31.2 Å². The summed E-state index contributed by atoms with van der Waals surface area (Å²) in [5, 5.41) is 11.0. The van der Waals surface area contributed by atoms with Crippen molar-refractivity contribution in [2.75, 3.05) is 6.61 Å². The minimum Gasteiger partial charge on any atom is -0.494 e. The largest absolute Gasteiger partial charge is 0.494 e. The molecular weight excluding hydrogens is 246 g/mol. The average Bonchev–Trinajstić information content (AvgIpc) is 2.36. The van der Waals surface area contributed by atoms with E-state index >= 15 is 0 Å². The first-order valence-corrected chi connectivity index (χ1v) is 6.20. The maximum Gasteiger partial charge on any atom is 0.325 e. The fourth-order valence-electron chi connectivity index (χ4n) is 1.43. The predicted octanol–water partition coefficient (Wildman–Crippen LogP) is 1.74. The molecule has 0 heterocycles. The van der Waals surface area contributed by atoms with E-state index in [4.69, 9.17) is 9.84 Å². The van der Waals surface area contributed by atoms with Gasteiger partial charge in [-0.1, -0.05) is 17.7 Å². The molecule has 0 aliphatic rings. The Bertz CT molecular complexity index is 428. The fourth-order valence-corrected chi connectivity index (χ4v) is 1.43. The zero-order valence-corrected chi connectivity index (χ0v) is 11.2. The van der Waals surface area contributed by atoms with Gasteiger partial charge in [0.25, 0.3) is 0 Å². The molecule has 19 heavy (non-hydrogen) atoms. The topological polar surface area (TPSA) is 75.6 Å². The second-order valence-electron chi connectivity index (χ2n) is 4.39. The number of ether oxygens (including phenoxy) is 1. The predicted molar refractivity (Wildman–Crippen MR) is 71.1 cm³/mol. The number of aryl methyl sites for hydroxylation is 1. The fraction of sp³-hybridized carbons (Fsp3) is 0.429. The molecule has 0 saturated carbocycles. The van der Waals surface area contributed by atoms with Crippen molar-refractivity contribution in [1.82, 2.24) is 5.32 Å². The lowest BCUT2D eigenvalue weighted by Crippen LogP contribution is -2.38. The molecule has 1 aromatic carbocycles. The molecule has 2 N–H and O–H groups in total. The molecule has 0 spiro atoms. The van der Waals surface area contributed by atoms with E-state index in [1.54, 1.807) is 0 Å². The van der Waals surface area contributed by atoms with Crippen molar-refractivity contribution in [3.05, 3.63) is 29.8 Å². The summed E-state index contributed by atoms with van der Waals surface area (Å²) >= 11 is 0. The van der Waals surface area contributed by atoms with Crippen LogP contribution in [0.3, 0.4) is 0 Å².